The summed E-state index contributed by atoms with van der Waals surface area (Å²) in [7, 11) is 0. The summed E-state index contributed by atoms with van der Waals surface area (Å²) in [6, 6.07) is 7.83. The first-order valence-electron chi connectivity index (χ1n) is 5.87. The van der Waals surface area contributed by atoms with E-state index in [2.05, 4.69) is 5.32 Å². The van der Waals surface area contributed by atoms with Gasteiger partial charge >= 0.3 is 5.97 Å². The number of carbonyl (C=O) groups excluding carboxylic acids is 1. The number of aryl methyl sites for hydroxylation is 1. The zero-order valence-corrected chi connectivity index (χ0v) is 11.0. The van der Waals surface area contributed by atoms with Gasteiger partial charge in [0.05, 0.1) is 11.8 Å². The maximum absolute atomic E-state index is 11.9. The Kier molecular flexibility index (Phi) is 4.48. The zero-order valence-electron chi connectivity index (χ0n) is 11.0. The monoisotopic (exact) mass is 249 g/mol. The Morgan fingerprint density at radius 1 is 1.33 bits per heavy atom. The Hall–Kier alpha value is -1.84. The number of nitrogens with one attached hydrogen (secondary N) is 1. The molecule has 1 rings (SSSR count). The Morgan fingerprint density at radius 2 is 2.00 bits per heavy atom. The van der Waals surface area contributed by atoms with E-state index in [1.54, 1.807) is 13.8 Å². The van der Waals surface area contributed by atoms with Crippen LogP contribution in [0.3, 0.4) is 0 Å². The number of carboxylic acids is 1. The van der Waals surface area contributed by atoms with E-state index in [-0.39, 0.29) is 12.3 Å². The van der Waals surface area contributed by atoms with Gasteiger partial charge in [-0.05, 0) is 12.5 Å². The molecule has 2 N–H and O–H groups in total. The first-order valence-corrected chi connectivity index (χ1v) is 5.87. The van der Waals surface area contributed by atoms with Crippen molar-refractivity contribution in [1.82, 2.24) is 5.32 Å². The van der Waals surface area contributed by atoms with E-state index in [0.717, 1.165) is 11.1 Å². The molecule has 0 bridgehead atoms. The first kappa shape index (κ1) is 14.2. The normalized spacial score (nSPS) is 11.1. The highest BCUT2D eigenvalue weighted by molar-refractivity contribution is 5.86. The number of amides is 1. The van der Waals surface area contributed by atoms with Crippen LogP contribution in [-0.4, -0.2) is 17.0 Å². The van der Waals surface area contributed by atoms with Gasteiger partial charge in [0.15, 0.2) is 0 Å². The second-order valence-electron chi connectivity index (χ2n) is 5.13. The quantitative estimate of drug-likeness (QED) is 0.840. The largest absolute Gasteiger partial charge is 0.481 e. The number of rotatable bonds is 5. The number of aliphatic carboxylic acids is 1. The lowest BCUT2D eigenvalue weighted by atomic mass is 9.88. The molecule has 0 saturated carbocycles. The first-order chi connectivity index (χ1) is 8.31. The summed E-state index contributed by atoms with van der Waals surface area (Å²) in [6.07, 6.45) is -0.174. The van der Waals surface area contributed by atoms with Crippen molar-refractivity contribution in [2.45, 2.75) is 33.7 Å². The van der Waals surface area contributed by atoms with Crippen LogP contribution in [0.25, 0.3) is 0 Å². The molecule has 0 heterocycles. The molecule has 4 nitrogen and oxygen atoms in total. The highest BCUT2D eigenvalue weighted by atomic mass is 16.4. The molecule has 98 valence electrons. The van der Waals surface area contributed by atoms with Gasteiger partial charge in [0, 0.05) is 6.54 Å². The Morgan fingerprint density at radius 3 is 2.56 bits per heavy atom. The summed E-state index contributed by atoms with van der Waals surface area (Å²) in [5.41, 5.74) is 1.25. The Bertz CT molecular complexity index is 452. The van der Waals surface area contributed by atoms with Crippen LogP contribution in [-0.2, 0) is 16.1 Å². The van der Waals surface area contributed by atoms with E-state index in [1.807, 2.05) is 31.2 Å². The average Bonchev–Trinajstić information content (AvgIpc) is 2.24. The molecule has 4 heteroatoms. The van der Waals surface area contributed by atoms with Crippen LogP contribution >= 0.6 is 0 Å². The summed E-state index contributed by atoms with van der Waals surface area (Å²) in [6.45, 7) is 5.67. The van der Waals surface area contributed by atoms with Gasteiger partial charge in [-0.2, -0.15) is 0 Å². The standard InChI is InChI=1S/C14H19NO3/c1-10-5-4-6-11(7-10)9-15-13(18)14(2,3)8-12(16)17/h4-7H,8-9H2,1-3H3,(H,15,18)(H,16,17). The van der Waals surface area contributed by atoms with Crippen molar-refractivity contribution in [2.24, 2.45) is 5.41 Å². The predicted octanol–water partition coefficient (Wildman–Crippen LogP) is 2.11. The van der Waals surface area contributed by atoms with Crippen molar-refractivity contribution in [3.8, 4) is 0 Å². The van der Waals surface area contributed by atoms with Crippen molar-refractivity contribution >= 4 is 11.9 Å². The molecule has 0 aliphatic carbocycles. The summed E-state index contributed by atoms with van der Waals surface area (Å²) in [5, 5.41) is 11.5. The summed E-state index contributed by atoms with van der Waals surface area (Å²) >= 11 is 0. The van der Waals surface area contributed by atoms with Crippen LogP contribution in [0.15, 0.2) is 24.3 Å². The summed E-state index contributed by atoms with van der Waals surface area (Å²) < 4.78 is 0. The minimum Gasteiger partial charge on any atom is -0.481 e. The van der Waals surface area contributed by atoms with E-state index >= 15 is 0 Å². The van der Waals surface area contributed by atoms with Crippen LogP contribution < -0.4 is 5.32 Å². The van der Waals surface area contributed by atoms with Gasteiger partial charge in [-0.25, -0.2) is 0 Å². The third-order valence-corrected chi connectivity index (χ3v) is 2.74. The van der Waals surface area contributed by atoms with E-state index < -0.39 is 11.4 Å². The van der Waals surface area contributed by atoms with Crippen molar-refractivity contribution in [3.05, 3.63) is 35.4 Å². The number of benzene rings is 1. The lowest BCUT2D eigenvalue weighted by molar-refractivity contribution is -0.144. The van der Waals surface area contributed by atoms with Crippen LogP contribution in [0.1, 0.15) is 31.4 Å². The topological polar surface area (TPSA) is 66.4 Å². The lowest BCUT2D eigenvalue weighted by Crippen LogP contribution is -2.38. The molecule has 0 fully saturated rings. The van der Waals surface area contributed by atoms with Crippen LogP contribution in [0.5, 0.6) is 0 Å². The molecule has 1 aromatic carbocycles. The van der Waals surface area contributed by atoms with Crippen molar-refractivity contribution in [2.75, 3.05) is 0 Å². The van der Waals surface area contributed by atoms with Gasteiger partial charge in [0.25, 0.3) is 0 Å². The maximum atomic E-state index is 11.9. The molecule has 0 radical (unpaired) electrons. The molecular weight excluding hydrogens is 230 g/mol. The number of hydrogen-bond acceptors (Lipinski definition) is 2. The fourth-order valence-electron chi connectivity index (χ4n) is 1.70. The SMILES string of the molecule is Cc1cccc(CNC(=O)C(C)(C)CC(=O)O)c1. The number of carboxylic acid groups (broad SMARTS) is 1. The maximum Gasteiger partial charge on any atom is 0.304 e. The minimum absolute atomic E-state index is 0.174. The molecule has 0 spiro atoms. The molecule has 0 aliphatic heterocycles. The Labute approximate surface area is 107 Å². The molecule has 1 aromatic rings. The third-order valence-electron chi connectivity index (χ3n) is 2.74. The smallest absolute Gasteiger partial charge is 0.304 e. The van der Waals surface area contributed by atoms with Gasteiger partial charge < -0.3 is 10.4 Å². The van der Waals surface area contributed by atoms with Gasteiger partial charge in [0.1, 0.15) is 0 Å². The molecule has 0 atom stereocenters. The molecule has 18 heavy (non-hydrogen) atoms. The zero-order chi connectivity index (χ0) is 13.8. The highest BCUT2D eigenvalue weighted by Crippen LogP contribution is 2.20. The number of carbonyl (C=O) groups is 2. The van der Waals surface area contributed by atoms with Crippen LogP contribution in [0.4, 0.5) is 0 Å². The molecule has 0 unspecified atom stereocenters. The van der Waals surface area contributed by atoms with Crippen molar-refractivity contribution in [3.63, 3.8) is 0 Å². The van der Waals surface area contributed by atoms with Crippen LogP contribution in [0, 0.1) is 12.3 Å². The van der Waals surface area contributed by atoms with Gasteiger partial charge in [-0.1, -0.05) is 43.7 Å². The van der Waals surface area contributed by atoms with Crippen molar-refractivity contribution in [1.29, 1.82) is 0 Å². The van der Waals surface area contributed by atoms with Gasteiger partial charge in [0.2, 0.25) is 5.91 Å². The molecule has 0 aromatic heterocycles. The van der Waals surface area contributed by atoms with E-state index in [0.29, 0.717) is 6.54 Å². The molecule has 0 aliphatic rings. The second-order valence-corrected chi connectivity index (χ2v) is 5.13. The summed E-state index contributed by atoms with van der Waals surface area (Å²) in [4.78, 5) is 22.5. The lowest BCUT2D eigenvalue weighted by Gasteiger charge is -2.21. The highest BCUT2D eigenvalue weighted by Gasteiger charge is 2.30. The van der Waals surface area contributed by atoms with Gasteiger partial charge in [-0.3, -0.25) is 9.59 Å². The average molecular weight is 249 g/mol. The van der Waals surface area contributed by atoms with E-state index in [4.69, 9.17) is 5.11 Å². The molecule has 0 saturated heterocycles. The van der Waals surface area contributed by atoms with Gasteiger partial charge in [-0.15, -0.1) is 0 Å². The second kappa shape index (κ2) is 5.67. The minimum atomic E-state index is -0.967. The summed E-state index contributed by atoms with van der Waals surface area (Å²) in [5.74, 6) is -1.21. The van der Waals surface area contributed by atoms with Crippen LogP contribution in [0.2, 0.25) is 0 Å². The fraction of sp³-hybridized carbons (Fsp3) is 0.429. The number of hydrogen-bond donors (Lipinski definition) is 2. The fourth-order valence-corrected chi connectivity index (χ4v) is 1.70. The van der Waals surface area contributed by atoms with Crippen molar-refractivity contribution < 1.29 is 14.7 Å². The third kappa shape index (κ3) is 4.20. The Balaban J connectivity index is 2.58. The predicted molar refractivity (Wildman–Crippen MR) is 69.1 cm³/mol. The van der Waals surface area contributed by atoms with E-state index in [1.165, 1.54) is 0 Å². The molecule has 1 amide bonds. The van der Waals surface area contributed by atoms with E-state index in [9.17, 15) is 9.59 Å². The molecular formula is C14H19NO3.